The largest absolute Gasteiger partial charge is 0.480 e. The Morgan fingerprint density at radius 2 is 1.95 bits per heavy atom. The number of nitrogens with one attached hydrogen (secondary N) is 1. The Bertz CT molecular complexity index is 376. The van der Waals surface area contributed by atoms with Crippen LogP contribution >= 0.6 is 0 Å². The van der Waals surface area contributed by atoms with E-state index in [0.29, 0.717) is 6.54 Å². The Balaban J connectivity index is 4.45. The third-order valence-corrected chi connectivity index (χ3v) is 2.16. The zero-order chi connectivity index (χ0) is 14.8. The van der Waals surface area contributed by atoms with Crippen molar-refractivity contribution in [3.05, 3.63) is 0 Å². The molecule has 7 nitrogen and oxygen atoms in total. The maximum Gasteiger partial charge on any atom is 0.323 e. The summed E-state index contributed by atoms with van der Waals surface area (Å²) in [4.78, 5) is 36.1. The lowest BCUT2D eigenvalue weighted by molar-refractivity contribution is -0.137. The molecule has 0 aromatic heterocycles. The first kappa shape index (κ1) is 16.8. The van der Waals surface area contributed by atoms with Gasteiger partial charge in [0.25, 0.3) is 0 Å². The Kier molecular flexibility index (Phi) is 7.77. The van der Waals surface area contributed by atoms with Crippen molar-refractivity contribution in [3.63, 3.8) is 0 Å². The number of rotatable bonds is 7. The summed E-state index contributed by atoms with van der Waals surface area (Å²) in [6.45, 7) is 1.69. The number of carboxylic acid groups (broad SMARTS) is 1. The SMILES string of the molecule is C#CCN(CC(=O)O)C(=O)N(C)CC(=O)NCCC. The van der Waals surface area contributed by atoms with Gasteiger partial charge in [-0.3, -0.25) is 9.59 Å². The van der Waals surface area contributed by atoms with Gasteiger partial charge in [-0.05, 0) is 6.42 Å². The molecule has 0 aliphatic heterocycles. The fourth-order valence-electron chi connectivity index (χ4n) is 1.31. The molecule has 2 N–H and O–H groups in total. The van der Waals surface area contributed by atoms with E-state index < -0.39 is 18.5 Å². The molecule has 0 heterocycles. The summed E-state index contributed by atoms with van der Waals surface area (Å²) in [5.41, 5.74) is 0. The first-order valence-corrected chi connectivity index (χ1v) is 5.84. The lowest BCUT2D eigenvalue weighted by Gasteiger charge is -2.25. The van der Waals surface area contributed by atoms with Crippen LogP contribution in [0.1, 0.15) is 13.3 Å². The summed E-state index contributed by atoms with van der Waals surface area (Å²) in [5, 5.41) is 11.3. The monoisotopic (exact) mass is 269 g/mol. The predicted octanol–water partition coefficient (Wildman–Crippen LogP) is -0.416. The van der Waals surface area contributed by atoms with Gasteiger partial charge in [0.15, 0.2) is 0 Å². The van der Waals surface area contributed by atoms with Crippen LogP contribution in [-0.4, -0.2) is 66.0 Å². The minimum absolute atomic E-state index is 0.119. The first-order valence-electron chi connectivity index (χ1n) is 5.84. The van der Waals surface area contributed by atoms with Gasteiger partial charge in [-0.2, -0.15) is 0 Å². The van der Waals surface area contributed by atoms with E-state index in [1.165, 1.54) is 7.05 Å². The number of hydrogen-bond acceptors (Lipinski definition) is 3. The van der Waals surface area contributed by atoms with Gasteiger partial charge in [0.1, 0.15) is 13.1 Å². The van der Waals surface area contributed by atoms with Crippen LogP contribution in [-0.2, 0) is 9.59 Å². The number of likely N-dealkylation sites (N-methyl/N-ethyl adjacent to an activating group) is 1. The fourth-order valence-corrected chi connectivity index (χ4v) is 1.31. The second-order valence-corrected chi connectivity index (χ2v) is 3.94. The maximum atomic E-state index is 11.9. The number of hydrogen-bond donors (Lipinski definition) is 2. The highest BCUT2D eigenvalue weighted by atomic mass is 16.4. The lowest BCUT2D eigenvalue weighted by Crippen LogP contribution is -2.47. The molecule has 0 aromatic carbocycles. The van der Waals surface area contributed by atoms with Crippen molar-refractivity contribution in [2.45, 2.75) is 13.3 Å². The molecule has 0 bridgehead atoms. The molecule has 0 aliphatic rings. The number of terminal acetylenes is 1. The average Bonchev–Trinajstić information content (AvgIpc) is 2.34. The second-order valence-electron chi connectivity index (χ2n) is 3.94. The van der Waals surface area contributed by atoms with Crippen molar-refractivity contribution in [2.24, 2.45) is 0 Å². The Labute approximate surface area is 112 Å². The molecule has 0 saturated carbocycles. The standard InChI is InChI=1S/C12H19N3O4/c1-4-6-13-10(16)8-14(3)12(19)15(7-5-2)9-11(17)18/h2H,4,6-9H2,1,3H3,(H,13,16)(H,17,18). The molecule has 7 heteroatoms. The normalized spacial score (nSPS) is 9.32. The average molecular weight is 269 g/mol. The van der Waals surface area contributed by atoms with Crippen LogP contribution in [0.25, 0.3) is 0 Å². The number of carbonyl (C=O) groups excluding carboxylic acids is 2. The lowest BCUT2D eigenvalue weighted by atomic mass is 10.4. The minimum Gasteiger partial charge on any atom is -0.480 e. The van der Waals surface area contributed by atoms with Crippen molar-refractivity contribution < 1.29 is 19.5 Å². The van der Waals surface area contributed by atoms with E-state index in [1.807, 2.05) is 6.92 Å². The Morgan fingerprint density at radius 3 is 2.42 bits per heavy atom. The van der Waals surface area contributed by atoms with Crippen LogP contribution < -0.4 is 5.32 Å². The molecule has 0 saturated heterocycles. The van der Waals surface area contributed by atoms with Crippen molar-refractivity contribution >= 4 is 17.9 Å². The number of urea groups is 1. The molecule has 3 amide bonds. The van der Waals surface area contributed by atoms with E-state index in [2.05, 4.69) is 11.2 Å². The smallest absolute Gasteiger partial charge is 0.323 e. The summed E-state index contributed by atoms with van der Waals surface area (Å²) < 4.78 is 0. The van der Waals surface area contributed by atoms with Gasteiger partial charge in [0.05, 0.1) is 6.54 Å². The number of amides is 3. The predicted molar refractivity (Wildman–Crippen MR) is 69.4 cm³/mol. The third-order valence-electron chi connectivity index (χ3n) is 2.16. The molecular formula is C12H19N3O4. The third kappa shape index (κ3) is 6.93. The summed E-state index contributed by atoms with van der Waals surface area (Å²) >= 11 is 0. The number of carbonyl (C=O) groups is 3. The molecule has 106 valence electrons. The zero-order valence-corrected chi connectivity index (χ0v) is 11.2. The van der Waals surface area contributed by atoms with E-state index in [9.17, 15) is 14.4 Å². The van der Waals surface area contributed by atoms with Crippen molar-refractivity contribution in [1.82, 2.24) is 15.1 Å². The van der Waals surface area contributed by atoms with E-state index in [4.69, 9.17) is 11.5 Å². The molecule has 0 spiro atoms. The van der Waals surface area contributed by atoms with Crippen LogP contribution in [0.3, 0.4) is 0 Å². The van der Waals surface area contributed by atoms with Gasteiger partial charge in [-0.15, -0.1) is 6.42 Å². The highest BCUT2D eigenvalue weighted by molar-refractivity contribution is 5.85. The summed E-state index contributed by atoms with van der Waals surface area (Å²) in [5.74, 6) is 0.754. The topological polar surface area (TPSA) is 90.0 Å². The summed E-state index contributed by atoms with van der Waals surface area (Å²) in [7, 11) is 1.42. The Morgan fingerprint density at radius 1 is 1.32 bits per heavy atom. The molecule has 0 unspecified atom stereocenters. The zero-order valence-electron chi connectivity index (χ0n) is 11.2. The van der Waals surface area contributed by atoms with Gasteiger partial charge in [-0.1, -0.05) is 12.8 Å². The van der Waals surface area contributed by atoms with E-state index in [0.717, 1.165) is 16.2 Å². The van der Waals surface area contributed by atoms with Crippen molar-refractivity contribution in [2.75, 3.05) is 33.2 Å². The molecule has 0 fully saturated rings. The quantitative estimate of drug-likeness (QED) is 0.614. The van der Waals surface area contributed by atoms with Crippen LogP contribution in [0.2, 0.25) is 0 Å². The molecule has 0 rings (SSSR count). The van der Waals surface area contributed by atoms with E-state index in [-0.39, 0.29) is 19.0 Å². The van der Waals surface area contributed by atoms with Gasteiger partial charge in [-0.25, -0.2) is 4.79 Å². The molecular weight excluding hydrogens is 250 g/mol. The Hall–Kier alpha value is -2.23. The first-order chi connectivity index (χ1) is 8.92. The minimum atomic E-state index is -1.16. The fraction of sp³-hybridized carbons (Fsp3) is 0.583. The highest BCUT2D eigenvalue weighted by Crippen LogP contribution is 1.96. The van der Waals surface area contributed by atoms with Crippen LogP contribution in [0.5, 0.6) is 0 Å². The van der Waals surface area contributed by atoms with Crippen LogP contribution in [0.4, 0.5) is 4.79 Å². The molecule has 0 aliphatic carbocycles. The van der Waals surface area contributed by atoms with Crippen LogP contribution in [0, 0.1) is 12.3 Å². The van der Waals surface area contributed by atoms with Gasteiger partial charge < -0.3 is 20.2 Å². The summed E-state index contributed by atoms with van der Waals surface area (Å²) in [6, 6.07) is -0.591. The van der Waals surface area contributed by atoms with E-state index >= 15 is 0 Å². The molecule has 0 radical (unpaired) electrons. The van der Waals surface area contributed by atoms with Gasteiger partial charge in [0, 0.05) is 13.6 Å². The number of aliphatic carboxylic acids is 1. The molecule has 0 atom stereocenters. The second kappa shape index (κ2) is 8.80. The van der Waals surface area contributed by atoms with Gasteiger partial charge in [0.2, 0.25) is 5.91 Å². The van der Waals surface area contributed by atoms with Crippen LogP contribution in [0.15, 0.2) is 0 Å². The van der Waals surface area contributed by atoms with Crippen molar-refractivity contribution in [3.8, 4) is 12.3 Å². The summed E-state index contributed by atoms with van der Waals surface area (Å²) in [6.07, 6.45) is 5.87. The molecule has 0 aromatic rings. The molecule has 19 heavy (non-hydrogen) atoms. The van der Waals surface area contributed by atoms with Crippen molar-refractivity contribution in [1.29, 1.82) is 0 Å². The maximum absolute atomic E-state index is 11.9. The number of nitrogens with zero attached hydrogens (tertiary/aromatic N) is 2. The number of carboxylic acids is 1. The van der Waals surface area contributed by atoms with E-state index in [1.54, 1.807) is 0 Å². The van der Waals surface area contributed by atoms with Gasteiger partial charge >= 0.3 is 12.0 Å². The highest BCUT2D eigenvalue weighted by Gasteiger charge is 2.21.